The molecule has 0 fully saturated rings. The highest BCUT2D eigenvalue weighted by molar-refractivity contribution is 6.30. The molecule has 1 aromatic carbocycles. The van der Waals surface area contributed by atoms with Crippen LogP contribution in [0, 0.1) is 5.92 Å². The molecule has 2 aliphatic heterocycles. The van der Waals surface area contributed by atoms with E-state index in [1.165, 1.54) is 17.0 Å². The highest BCUT2D eigenvalue weighted by atomic mass is 35.5. The van der Waals surface area contributed by atoms with Crippen LogP contribution in [0.25, 0.3) is 0 Å². The Bertz CT molecular complexity index is 826. The topological polar surface area (TPSA) is 70.6 Å². The average molecular weight is 387 g/mol. The van der Waals surface area contributed by atoms with E-state index in [1.54, 1.807) is 0 Å². The van der Waals surface area contributed by atoms with Gasteiger partial charge in [0.2, 0.25) is 0 Å². The van der Waals surface area contributed by atoms with Crippen LogP contribution in [0.3, 0.4) is 0 Å². The number of fused-ring (bicyclic) bond motifs is 2. The SMILES string of the molecule is CC1NCCC2=C1NC1=CC=C(OCc3cccc(Cl)c3)C=CC12.O=CO. The van der Waals surface area contributed by atoms with Gasteiger partial charge in [-0.3, -0.25) is 4.79 Å². The minimum absolute atomic E-state index is 0.250. The van der Waals surface area contributed by atoms with Gasteiger partial charge in [-0.15, -0.1) is 0 Å². The van der Waals surface area contributed by atoms with Crippen LogP contribution in [0.1, 0.15) is 18.9 Å². The second-order valence-corrected chi connectivity index (χ2v) is 6.98. The first-order valence-corrected chi connectivity index (χ1v) is 9.28. The number of ether oxygens (including phenoxy) is 1. The Morgan fingerprint density at radius 2 is 2.19 bits per heavy atom. The van der Waals surface area contributed by atoms with Crippen LogP contribution in [0.4, 0.5) is 0 Å². The second kappa shape index (κ2) is 8.93. The lowest BCUT2D eigenvalue weighted by atomic mass is 9.91. The number of halogens is 1. The molecule has 0 amide bonds. The van der Waals surface area contributed by atoms with E-state index in [-0.39, 0.29) is 6.47 Å². The van der Waals surface area contributed by atoms with Crippen molar-refractivity contribution in [3.8, 4) is 0 Å². The lowest BCUT2D eigenvalue weighted by Gasteiger charge is -2.23. The minimum Gasteiger partial charge on any atom is -0.489 e. The van der Waals surface area contributed by atoms with E-state index < -0.39 is 0 Å². The van der Waals surface area contributed by atoms with Crippen LogP contribution in [0.15, 0.2) is 71.3 Å². The van der Waals surface area contributed by atoms with Crippen molar-refractivity contribution >= 4 is 18.1 Å². The minimum atomic E-state index is -0.250. The van der Waals surface area contributed by atoms with Crippen LogP contribution in [-0.2, 0) is 16.1 Å². The number of hydrogen-bond donors (Lipinski definition) is 3. The van der Waals surface area contributed by atoms with Crippen LogP contribution < -0.4 is 10.6 Å². The largest absolute Gasteiger partial charge is 0.489 e. The van der Waals surface area contributed by atoms with Gasteiger partial charge in [0.1, 0.15) is 12.4 Å². The molecule has 0 saturated carbocycles. The molecule has 1 aromatic rings. The molecule has 3 aliphatic rings. The molecule has 3 N–H and O–H groups in total. The van der Waals surface area contributed by atoms with Gasteiger partial charge in [-0.2, -0.15) is 0 Å². The third-order valence-electron chi connectivity index (χ3n) is 4.79. The number of allylic oxidation sites excluding steroid dienone is 4. The summed E-state index contributed by atoms with van der Waals surface area (Å²) in [6.07, 6.45) is 9.61. The molecule has 0 spiro atoms. The first kappa shape index (κ1) is 19.3. The van der Waals surface area contributed by atoms with E-state index in [4.69, 9.17) is 26.2 Å². The molecule has 0 aromatic heterocycles. The molecule has 0 bridgehead atoms. The Morgan fingerprint density at radius 1 is 1.37 bits per heavy atom. The number of nitrogens with one attached hydrogen (secondary N) is 2. The number of rotatable bonds is 3. The molecule has 1 aliphatic carbocycles. The molecule has 0 saturated heterocycles. The second-order valence-electron chi connectivity index (χ2n) is 6.54. The average Bonchev–Trinajstić information content (AvgIpc) is 2.89. The maximum atomic E-state index is 8.36. The van der Waals surface area contributed by atoms with Gasteiger partial charge < -0.3 is 20.5 Å². The Hall–Kier alpha value is -2.50. The predicted molar refractivity (Wildman–Crippen MR) is 106 cm³/mol. The molecular formula is C21H23ClN2O3. The van der Waals surface area contributed by atoms with Gasteiger partial charge in [0.05, 0.1) is 0 Å². The van der Waals surface area contributed by atoms with Gasteiger partial charge >= 0.3 is 0 Å². The van der Waals surface area contributed by atoms with Gasteiger partial charge in [0.25, 0.3) is 6.47 Å². The zero-order valence-corrected chi connectivity index (χ0v) is 15.9. The van der Waals surface area contributed by atoms with E-state index in [9.17, 15) is 0 Å². The van der Waals surface area contributed by atoms with Gasteiger partial charge in [-0.1, -0.05) is 29.8 Å². The van der Waals surface area contributed by atoms with Crippen LogP contribution in [-0.4, -0.2) is 24.2 Å². The molecule has 2 atom stereocenters. The molecule has 2 heterocycles. The Morgan fingerprint density at radius 3 is 2.96 bits per heavy atom. The Balaban J connectivity index is 0.000000659. The number of carbonyl (C=O) groups is 1. The van der Waals surface area contributed by atoms with E-state index in [1.807, 2.05) is 30.3 Å². The maximum absolute atomic E-state index is 8.36. The molecule has 27 heavy (non-hydrogen) atoms. The standard InChI is InChI=1S/C20H21ClN2O.CH2O2/c1-13-20-18(9-10-22-13)17-7-5-16(6-8-19(17)23-20)24-12-14-3-2-4-15(21)11-14;2-1-3/h2-8,11,13,17,22-23H,9-10,12H2,1H3;1H,(H,2,3). The fourth-order valence-corrected chi connectivity index (χ4v) is 3.76. The summed E-state index contributed by atoms with van der Waals surface area (Å²) in [4.78, 5) is 8.36. The van der Waals surface area contributed by atoms with Gasteiger partial charge in [-0.05, 0) is 61.4 Å². The first-order valence-electron chi connectivity index (χ1n) is 8.91. The first-order chi connectivity index (χ1) is 13.1. The van der Waals surface area contributed by atoms with Crippen molar-refractivity contribution in [2.75, 3.05) is 6.54 Å². The summed E-state index contributed by atoms with van der Waals surface area (Å²) in [6, 6.07) is 8.18. The van der Waals surface area contributed by atoms with Gasteiger partial charge in [0.15, 0.2) is 0 Å². The lowest BCUT2D eigenvalue weighted by molar-refractivity contribution is -0.122. The number of hydrogen-bond acceptors (Lipinski definition) is 4. The van der Waals surface area contributed by atoms with Crippen molar-refractivity contribution in [3.63, 3.8) is 0 Å². The predicted octanol–water partition coefficient (Wildman–Crippen LogP) is 3.75. The summed E-state index contributed by atoms with van der Waals surface area (Å²) in [5.74, 6) is 1.23. The maximum Gasteiger partial charge on any atom is 0.290 e. The van der Waals surface area contributed by atoms with Crippen LogP contribution >= 0.6 is 11.6 Å². The zero-order chi connectivity index (χ0) is 19.2. The third-order valence-corrected chi connectivity index (χ3v) is 5.02. The fourth-order valence-electron chi connectivity index (χ4n) is 3.54. The van der Waals surface area contributed by atoms with Gasteiger partial charge in [-0.25, -0.2) is 0 Å². The highest BCUT2D eigenvalue weighted by Crippen LogP contribution is 2.36. The van der Waals surface area contributed by atoms with Crippen molar-refractivity contribution in [3.05, 3.63) is 81.9 Å². The quantitative estimate of drug-likeness (QED) is 0.690. The van der Waals surface area contributed by atoms with E-state index in [0.717, 1.165) is 29.3 Å². The van der Waals surface area contributed by atoms with Crippen molar-refractivity contribution in [2.45, 2.75) is 26.0 Å². The summed E-state index contributed by atoms with van der Waals surface area (Å²) in [6.45, 7) is 3.53. The summed E-state index contributed by atoms with van der Waals surface area (Å²) in [5.41, 5.74) is 5.17. The van der Waals surface area contributed by atoms with E-state index in [2.05, 4.69) is 35.8 Å². The Labute approximate surface area is 164 Å². The fraction of sp³-hybridized carbons (Fsp3) is 0.286. The molecule has 5 nitrogen and oxygen atoms in total. The molecule has 142 valence electrons. The van der Waals surface area contributed by atoms with E-state index in [0.29, 0.717) is 18.6 Å². The van der Waals surface area contributed by atoms with Crippen LogP contribution in [0.2, 0.25) is 5.02 Å². The van der Waals surface area contributed by atoms with Crippen molar-refractivity contribution in [2.24, 2.45) is 5.92 Å². The monoisotopic (exact) mass is 386 g/mol. The highest BCUT2D eigenvalue weighted by Gasteiger charge is 2.32. The summed E-state index contributed by atoms with van der Waals surface area (Å²) >= 11 is 6.02. The molecule has 4 rings (SSSR count). The third kappa shape index (κ3) is 4.62. The smallest absolute Gasteiger partial charge is 0.290 e. The molecular weight excluding hydrogens is 364 g/mol. The van der Waals surface area contributed by atoms with Crippen molar-refractivity contribution in [1.82, 2.24) is 10.6 Å². The number of carboxylic acid groups (broad SMARTS) is 1. The van der Waals surface area contributed by atoms with Crippen molar-refractivity contribution < 1.29 is 14.6 Å². The Kier molecular flexibility index (Phi) is 6.37. The van der Waals surface area contributed by atoms with E-state index >= 15 is 0 Å². The normalized spacial score (nSPS) is 22.9. The van der Waals surface area contributed by atoms with Gasteiger partial charge in [0, 0.05) is 28.4 Å². The lowest BCUT2D eigenvalue weighted by Crippen LogP contribution is -2.36. The zero-order valence-electron chi connectivity index (χ0n) is 15.1. The molecule has 6 heteroatoms. The van der Waals surface area contributed by atoms with Crippen molar-refractivity contribution in [1.29, 1.82) is 0 Å². The summed E-state index contributed by atoms with van der Waals surface area (Å²) < 4.78 is 5.94. The summed E-state index contributed by atoms with van der Waals surface area (Å²) in [7, 11) is 0. The van der Waals surface area contributed by atoms with Crippen LogP contribution in [0.5, 0.6) is 0 Å². The molecule has 2 unspecified atom stereocenters. The molecule has 0 radical (unpaired) electrons. The summed E-state index contributed by atoms with van der Waals surface area (Å²) in [5, 5.41) is 14.7. The number of benzene rings is 1.